The van der Waals surface area contributed by atoms with E-state index in [9.17, 15) is 0 Å². The highest BCUT2D eigenvalue weighted by Crippen LogP contribution is 2.26. The normalized spacial score (nSPS) is 18.2. The van der Waals surface area contributed by atoms with Crippen molar-refractivity contribution in [1.29, 1.82) is 0 Å². The second-order valence-electron chi connectivity index (χ2n) is 7.56. The molecule has 0 radical (unpaired) electrons. The van der Waals surface area contributed by atoms with Gasteiger partial charge in [0.25, 0.3) is 0 Å². The largest absolute Gasteiger partial charge is 0.490 e. The number of nitrogens with zero attached hydrogens (tertiary/aromatic N) is 5. The molecule has 1 aromatic heterocycles. The molecule has 1 aromatic carbocycles. The van der Waals surface area contributed by atoms with Gasteiger partial charge in [-0.3, -0.25) is 4.99 Å². The van der Waals surface area contributed by atoms with Crippen LogP contribution in [-0.4, -0.2) is 60.2 Å². The average molecular weight is 395 g/mol. The predicted molar refractivity (Wildman–Crippen MR) is 115 cm³/mol. The summed E-state index contributed by atoms with van der Waals surface area (Å²) >= 11 is 0. The number of ether oxygens (including phenoxy) is 1. The van der Waals surface area contributed by atoms with Crippen LogP contribution >= 0.6 is 0 Å². The van der Waals surface area contributed by atoms with Gasteiger partial charge in [0.05, 0.1) is 6.10 Å². The van der Waals surface area contributed by atoms with Crippen molar-refractivity contribution in [1.82, 2.24) is 20.2 Å². The Kier molecular flexibility index (Phi) is 6.44. The topological polar surface area (TPSA) is 65.9 Å². The highest BCUT2D eigenvalue weighted by atomic mass is 16.5. The van der Waals surface area contributed by atoms with Crippen LogP contribution in [0.1, 0.15) is 31.2 Å². The van der Waals surface area contributed by atoms with Crippen LogP contribution in [0.5, 0.6) is 5.75 Å². The second kappa shape index (κ2) is 9.58. The summed E-state index contributed by atoms with van der Waals surface area (Å²) in [6, 6.07) is 10.2. The zero-order valence-corrected chi connectivity index (χ0v) is 17.1. The molecule has 1 saturated carbocycles. The number of aromatic nitrogens is 2. The van der Waals surface area contributed by atoms with Gasteiger partial charge in [0.1, 0.15) is 5.75 Å². The molecular weight excluding hydrogens is 364 g/mol. The van der Waals surface area contributed by atoms with Crippen molar-refractivity contribution in [3.05, 3.63) is 48.3 Å². The molecule has 2 fully saturated rings. The minimum atomic E-state index is 0.365. The number of guanidine groups is 1. The van der Waals surface area contributed by atoms with Crippen molar-refractivity contribution in [3.63, 3.8) is 0 Å². The molecule has 2 aliphatic rings. The Bertz CT molecular complexity index is 798. The van der Waals surface area contributed by atoms with Gasteiger partial charge in [0.2, 0.25) is 5.95 Å². The molecule has 7 heteroatoms. The van der Waals surface area contributed by atoms with E-state index in [-0.39, 0.29) is 0 Å². The van der Waals surface area contributed by atoms with Crippen LogP contribution < -0.4 is 15.0 Å². The molecule has 1 aliphatic heterocycles. The number of benzene rings is 1. The molecule has 0 atom stereocenters. The van der Waals surface area contributed by atoms with Gasteiger partial charge in [-0.15, -0.1) is 0 Å². The van der Waals surface area contributed by atoms with Gasteiger partial charge >= 0.3 is 0 Å². The van der Waals surface area contributed by atoms with E-state index in [1.165, 1.54) is 31.2 Å². The summed E-state index contributed by atoms with van der Waals surface area (Å²) in [4.78, 5) is 17.7. The van der Waals surface area contributed by atoms with E-state index < -0.39 is 0 Å². The van der Waals surface area contributed by atoms with Crippen molar-refractivity contribution in [2.75, 3.05) is 38.1 Å². The number of nitrogens with one attached hydrogen (secondary N) is 1. The van der Waals surface area contributed by atoms with E-state index in [1.807, 2.05) is 19.2 Å². The molecule has 1 aliphatic carbocycles. The lowest BCUT2D eigenvalue weighted by atomic mass is 10.2. The van der Waals surface area contributed by atoms with Crippen LogP contribution in [0.15, 0.2) is 47.7 Å². The molecule has 2 aromatic rings. The van der Waals surface area contributed by atoms with Gasteiger partial charge in [0.15, 0.2) is 5.96 Å². The van der Waals surface area contributed by atoms with Crippen molar-refractivity contribution in [2.45, 2.75) is 38.3 Å². The van der Waals surface area contributed by atoms with Gasteiger partial charge in [-0.1, -0.05) is 18.2 Å². The van der Waals surface area contributed by atoms with E-state index >= 15 is 0 Å². The maximum atomic E-state index is 6.27. The lowest BCUT2D eigenvalue weighted by Gasteiger charge is -2.36. The molecule has 0 amide bonds. The van der Waals surface area contributed by atoms with Crippen molar-refractivity contribution in [2.24, 2.45) is 4.99 Å². The Morgan fingerprint density at radius 1 is 1.07 bits per heavy atom. The zero-order valence-electron chi connectivity index (χ0n) is 17.1. The lowest BCUT2D eigenvalue weighted by Crippen LogP contribution is -2.52. The Balaban J connectivity index is 1.32. The SMILES string of the molecule is CN=C(NCc1ccccc1OC1CCCC1)N1CCN(c2ncccn2)CC1. The van der Waals surface area contributed by atoms with Gasteiger partial charge in [-0.05, 0) is 37.8 Å². The summed E-state index contributed by atoms with van der Waals surface area (Å²) in [6.07, 6.45) is 8.83. The van der Waals surface area contributed by atoms with Crippen molar-refractivity contribution >= 4 is 11.9 Å². The fourth-order valence-electron chi connectivity index (χ4n) is 4.03. The van der Waals surface area contributed by atoms with E-state index in [2.05, 4.69) is 48.3 Å². The molecule has 29 heavy (non-hydrogen) atoms. The fourth-order valence-corrected chi connectivity index (χ4v) is 4.03. The molecule has 1 saturated heterocycles. The molecular formula is C22H30N6O. The number of piperazine rings is 1. The number of anilines is 1. The molecule has 7 nitrogen and oxygen atoms in total. The Hall–Kier alpha value is -2.83. The second-order valence-corrected chi connectivity index (χ2v) is 7.56. The van der Waals surface area contributed by atoms with E-state index in [1.54, 1.807) is 12.4 Å². The van der Waals surface area contributed by atoms with Crippen LogP contribution in [0.25, 0.3) is 0 Å². The van der Waals surface area contributed by atoms with Crippen LogP contribution in [-0.2, 0) is 6.54 Å². The third-order valence-corrected chi connectivity index (χ3v) is 5.63. The molecule has 2 heterocycles. The summed E-state index contributed by atoms with van der Waals surface area (Å²) in [5.74, 6) is 2.72. The number of para-hydroxylation sites is 1. The number of rotatable bonds is 5. The molecule has 0 spiro atoms. The minimum absolute atomic E-state index is 0.365. The van der Waals surface area contributed by atoms with Gasteiger partial charge in [-0.25, -0.2) is 9.97 Å². The minimum Gasteiger partial charge on any atom is -0.490 e. The van der Waals surface area contributed by atoms with E-state index in [0.29, 0.717) is 12.6 Å². The first-order valence-electron chi connectivity index (χ1n) is 10.6. The summed E-state index contributed by atoms with van der Waals surface area (Å²) < 4.78 is 6.27. The fraction of sp³-hybridized carbons (Fsp3) is 0.500. The number of hydrogen-bond donors (Lipinski definition) is 1. The molecule has 0 bridgehead atoms. The first-order valence-corrected chi connectivity index (χ1v) is 10.6. The van der Waals surface area contributed by atoms with Gasteiger partial charge in [0, 0.05) is 57.7 Å². The molecule has 1 N–H and O–H groups in total. The van der Waals surface area contributed by atoms with Gasteiger partial charge in [-0.2, -0.15) is 0 Å². The summed E-state index contributed by atoms with van der Waals surface area (Å²) in [5.41, 5.74) is 1.18. The van der Waals surface area contributed by atoms with Crippen molar-refractivity contribution < 1.29 is 4.74 Å². The highest BCUT2D eigenvalue weighted by Gasteiger charge is 2.22. The van der Waals surface area contributed by atoms with Crippen LogP contribution in [0.3, 0.4) is 0 Å². The Labute approximate surface area is 172 Å². The van der Waals surface area contributed by atoms with Crippen LogP contribution in [0, 0.1) is 0 Å². The first kappa shape index (κ1) is 19.5. The molecule has 4 rings (SSSR count). The maximum Gasteiger partial charge on any atom is 0.225 e. The standard InChI is InChI=1S/C22H30N6O/c1-23-21(27-13-15-28(16-14-27)22-24-11-6-12-25-22)26-17-18-7-2-5-10-20(18)29-19-8-3-4-9-19/h2,5-7,10-12,19H,3-4,8-9,13-17H2,1H3,(H,23,26). The van der Waals surface area contributed by atoms with Crippen LogP contribution in [0.4, 0.5) is 5.95 Å². The summed E-state index contributed by atoms with van der Waals surface area (Å²) in [5, 5.41) is 3.52. The average Bonchev–Trinajstić information content (AvgIpc) is 3.29. The highest BCUT2D eigenvalue weighted by molar-refractivity contribution is 5.80. The zero-order chi connectivity index (χ0) is 19.9. The van der Waals surface area contributed by atoms with Gasteiger partial charge < -0.3 is 19.9 Å². The Morgan fingerprint density at radius 2 is 1.79 bits per heavy atom. The lowest BCUT2D eigenvalue weighted by molar-refractivity contribution is 0.207. The van der Waals surface area contributed by atoms with E-state index in [0.717, 1.165) is 43.8 Å². The monoisotopic (exact) mass is 394 g/mol. The van der Waals surface area contributed by atoms with E-state index in [4.69, 9.17) is 4.74 Å². The summed E-state index contributed by atoms with van der Waals surface area (Å²) in [7, 11) is 1.84. The number of hydrogen-bond acceptors (Lipinski definition) is 5. The summed E-state index contributed by atoms with van der Waals surface area (Å²) in [6.45, 7) is 4.24. The predicted octanol–water partition coefficient (Wildman–Crippen LogP) is 2.70. The maximum absolute atomic E-state index is 6.27. The number of aliphatic imine (C=N–C) groups is 1. The van der Waals surface area contributed by atoms with Crippen molar-refractivity contribution in [3.8, 4) is 5.75 Å². The third kappa shape index (κ3) is 4.96. The van der Waals surface area contributed by atoms with Crippen LogP contribution in [0.2, 0.25) is 0 Å². The Morgan fingerprint density at radius 3 is 2.52 bits per heavy atom. The smallest absolute Gasteiger partial charge is 0.225 e. The first-order chi connectivity index (χ1) is 14.3. The molecule has 0 unspecified atom stereocenters. The molecule has 154 valence electrons. The quantitative estimate of drug-likeness (QED) is 0.621. The third-order valence-electron chi connectivity index (χ3n) is 5.63.